The molecular formula is C34H54N6O6. The Morgan fingerprint density at radius 2 is 1.26 bits per heavy atom. The smallest absolute Gasteiger partial charge is 0.287 e. The van der Waals surface area contributed by atoms with Gasteiger partial charge in [-0.1, -0.05) is 70.6 Å². The average Bonchev–Trinajstić information content (AvgIpc) is 3.63. The van der Waals surface area contributed by atoms with Crippen molar-refractivity contribution in [2.75, 3.05) is 39.3 Å². The fraction of sp³-hybridized carbons (Fsp3) is 0.735. The molecule has 1 aliphatic heterocycles. The Hall–Kier alpha value is -3.41. The van der Waals surface area contributed by atoms with Crippen molar-refractivity contribution in [3.8, 4) is 0 Å². The molecule has 5 N–H and O–H groups in total. The predicted molar refractivity (Wildman–Crippen MR) is 174 cm³/mol. The van der Waals surface area contributed by atoms with Crippen molar-refractivity contribution in [3.63, 3.8) is 0 Å². The van der Waals surface area contributed by atoms with E-state index in [1.807, 2.05) is 0 Å². The molecule has 12 nitrogen and oxygen atoms in total. The standard InChI is InChI=1S/C34H54N6O6/c41-30(23-37-33(44)28(22-26-13-6-2-7-14-26)39-34(45)29-15-10-20-46-29)36-24-31(42)38-27(21-25-11-4-1-5-12-25)32(43)35-16-19-40-17-8-3-9-18-40/h10,15,20,25-28H,1-9,11-14,16-19,21-24H2,(H,35,43)(H,36,41)(H,37,44)(H,38,42)(H,39,45)/t27-,28-/m0/s1. The van der Waals surface area contributed by atoms with Crippen LogP contribution in [-0.2, 0) is 19.2 Å². The highest BCUT2D eigenvalue weighted by atomic mass is 16.3. The quantitative estimate of drug-likeness (QED) is 0.185. The summed E-state index contributed by atoms with van der Waals surface area (Å²) in [6.07, 6.45) is 17.0. The molecule has 2 saturated carbocycles. The summed E-state index contributed by atoms with van der Waals surface area (Å²) in [6.45, 7) is 2.80. The van der Waals surface area contributed by atoms with Gasteiger partial charge in [-0.15, -0.1) is 0 Å². The number of rotatable bonds is 16. The van der Waals surface area contributed by atoms with E-state index in [1.54, 1.807) is 6.07 Å². The Balaban J connectivity index is 1.22. The van der Waals surface area contributed by atoms with Crippen LogP contribution in [0, 0.1) is 11.8 Å². The molecule has 0 unspecified atom stereocenters. The molecule has 1 saturated heterocycles. The van der Waals surface area contributed by atoms with E-state index in [0.717, 1.165) is 71.0 Å². The van der Waals surface area contributed by atoms with Crippen LogP contribution < -0.4 is 26.6 Å². The van der Waals surface area contributed by atoms with E-state index in [0.29, 0.717) is 31.2 Å². The lowest BCUT2D eigenvalue weighted by molar-refractivity contribution is -0.130. The van der Waals surface area contributed by atoms with E-state index in [1.165, 1.54) is 44.4 Å². The van der Waals surface area contributed by atoms with E-state index in [9.17, 15) is 24.0 Å². The minimum Gasteiger partial charge on any atom is -0.459 e. The van der Waals surface area contributed by atoms with Crippen LogP contribution in [0.3, 0.4) is 0 Å². The van der Waals surface area contributed by atoms with Gasteiger partial charge in [0.2, 0.25) is 23.6 Å². The molecule has 0 bridgehead atoms. The maximum Gasteiger partial charge on any atom is 0.287 e. The monoisotopic (exact) mass is 642 g/mol. The first kappa shape index (κ1) is 35.4. The molecule has 0 spiro atoms. The lowest BCUT2D eigenvalue weighted by atomic mass is 9.84. The topological polar surface area (TPSA) is 162 Å². The Bertz CT molecular complexity index is 1110. The summed E-state index contributed by atoms with van der Waals surface area (Å²) >= 11 is 0. The van der Waals surface area contributed by atoms with Gasteiger partial charge in [-0.05, 0) is 62.7 Å². The van der Waals surface area contributed by atoms with E-state index in [2.05, 4.69) is 31.5 Å². The minimum atomic E-state index is -0.814. The van der Waals surface area contributed by atoms with Crippen molar-refractivity contribution >= 4 is 29.5 Å². The first-order valence-corrected chi connectivity index (χ1v) is 17.6. The molecule has 2 atom stereocenters. The van der Waals surface area contributed by atoms with E-state index in [4.69, 9.17) is 4.42 Å². The minimum absolute atomic E-state index is 0.114. The third kappa shape index (κ3) is 12.4. The maximum absolute atomic E-state index is 13.2. The summed E-state index contributed by atoms with van der Waals surface area (Å²) in [5, 5.41) is 13.8. The molecule has 12 heteroatoms. The summed E-state index contributed by atoms with van der Waals surface area (Å²) < 4.78 is 5.17. The summed E-state index contributed by atoms with van der Waals surface area (Å²) in [5.74, 6) is -1.31. The third-order valence-electron chi connectivity index (χ3n) is 9.65. The zero-order chi connectivity index (χ0) is 32.6. The molecule has 1 aromatic rings. The Morgan fingerprint density at radius 1 is 0.696 bits per heavy atom. The lowest BCUT2D eigenvalue weighted by Crippen LogP contribution is -2.52. The van der Waals surface area contributed by atoms with Crippen molar-refractivity contribution in [2.45, 2.75) is 108 Å². The van der Waals surface area contributed by atoms with Gasteiger partial charge in [-0.25, -0.2) is 0 Å². The van der Waals surface area contributed by atoms with Gasteiger partial charge in [-0.3, -0.25) is 24.0 Å². The molecule has 0 radical (unpaired) electrons. The van der Waals surface area contributed by atoms with Gasteiger partial charge >= 0.3 is 0 Å². The van der Waals surface area contributed by atoms with Gasteiger partial charge in [-0.2, -0.15) is 0 Å². The van der Waals surface area contributed by atoms with Crippen molar-refractivity contribution < 1.29 is 28.4 Å². The maximum atomic E-state index is 13.2. The molecule has 0 aromatic carbocycles. The number of hydrogen-bond donors (Lipinski definition) is 5. The average molecular weight is 643 g/mol. The zero-order valence-corrected chi connectivity index (χ0v) is 27.3. The van der Waals surface area contributed by atoms with Crippen molar-refractivity contribution in [3.05, 3.63) is 24.2 Å². The number of amides is 5. The first-order chi connectivity index (χ1) is 22.4. The van der Waals surface area contributed by atoms with Gasteiger partial charge in [0, 0.05) is 13.1 Å². The third-order valence-corrected chi connectivity index (χ3v) is 9.65. The number of piperidine rings is 1. The predicted octanol–water partition coefficient (Wildman–Crippen LogP) is 2.64. The highest BCUT2D eigenvalue weighted by Crippen LogP contribution is 2.28. The zero-order valence-electron chi connectivity index (χ0n) is 27.3. The number of likely N-dealkylation sites (tertiary alicyclic amines) is 1. The van der Waals surface area contributed by atoms with E-state index < -0.39 is 35.7 Å². The second-order valence-corrected chi connectivity index (χ2v) is 13.3. The summed E-state index contributed by atoms with van der Waals surface area (Å²) in [5.41, 5.74) is 0. The van der Waals surface area contributed by atoms with Gasteiger partial charge in [0.1, 0.15) is 12.1 Å². The molecular weight excluding hydrogens is 588 g/mol. The van der Waals surface area contributed by atoms with Gasteiger partial charge in [0.25, 0.3) is 5.91 Å². The number of carbonyl (C=O) groups is 5. The van der Waals surface area contributed by atoms with Crippen LogP contribution in [0.4, 0.5) is 0 Å². The molecule has 1 aromatic heterocycles. The SMILES string of the molecule is O=C(CNC(=O)[C@H](CC1CCCCC1)NC(=O)c1ccco1)NCC(=O)N[C@@H](CC1CCCCC1)C(=O)NCCN1CCCCC1. The van der Waals surface area contributed by atoms with Gasteiger partial charge in [0.15, 0.2) is 5.76 Å². The van der Waals surface area contributed by atoms with Crippen LogP contribution in [0.15, 0.2) is 22.8 Å². The summed E-state index contributed by atoms with van der Waals surface area (Å²) in [6, 6.07) is 1.66. The molecule has 4 rings (SSSR count). The van der Waals surface area contributed by atoms with Gasteiger partial charge in [0.05, 0.1) is 19.4 Å². The second kappa shape index (κ2) is 19.3. The molecule has 3 aliphatic rings. The fourth-order valence-corrected chi connectivity index (χ4v) is 7.03. The molecule has 46 heavy (non-hydrogen) atoms. The molecule has 3 fully saturated rings. The van der Waals surface area contributed by atoms with E-state index >= 15 is 0 Å². The van der Waals surface area contributed by atoms with E-state index in [-0.39, 0.29) is 24.8 Å². The van der Waals surface area contributed by atoms with Crippen molar-refractivity contribution in [1.29, 1.82) is 0 Å². The van der Waals surface area contributed by atoms with Crippen molar-refractivity contribution in [2.24, 2.45) is 11.8 Å². The molecule has 2 heterocycles. The van der Waals surface area contributed by atoms with Crippen LogP contribution >= 0.6 is 0 Å². The van der Waals surface area contributed by atoms with Crippen LogP contribution in [0.1, 0.15) is 107 Å². The fourth-order valence-electron chi connectivity index (χ4n) is 7.03. The number of carbonyl (C=O) groups excluding carboxylic acids is 5. The lowest BCUT2D eigenvalue weighted by Gasteiger charge is -2.28. The number of nitrogens with one attached hydrogen (secondary N) is 5. The molecule has 256 valence electrons. The van der Waals surface area contributed by atoms with Crippen LogP contribution in [0.25, 0.3) is 0 Å². The summed E-state index contributed by atoms with van der Waals surface area (Å²) in [4.78, 5) is 66.7. The molecule has 2 aliphatic carbocycles. The Kier molecular flexibility index (Phi) is 14.9. The number of hydrogen-bond acceptors (Lipinski definition) is 7. The highest BCUT2D eigenvalue weighted by Gasteiger charge is 2.28. The summed E-state index contributed by atoms with van der Waals surface area (Å²) in [7, 11) is 0. The van der Waals surface area contributed by atoms with Gasteiger partial charge < -0.3 is 35.9 Å². The second-order valence-electron chi connectivity index (χ2n) is 13.3. The number of nitrogens with zero attached hydrogens (tertiary/aromatic N) is 1. The van der Waals surface area contributed by atoms with Crippen molar-refractivity contribution in [1.82, 2.24) is 31.5 Å². The highest BCUT2D eigenvalue weighted by molar-refractivity contribution is 5.96. The van der Waals surface area contributed by atoms with Crippen LogP contribution in [0.2, 0.25) is 0 Å². The first-order valence-electron chi connectivity index (χ1n) is 17.6. The van der Waals surface area contributed by atoms with Crippen LogP contribution in [-0.4, -0.2) is 85.8 Å². The normalized spacial score (nSPS) is 19.4. The Labute approximate surface area is 272 Å². The molecule has 5 amide bonds. The van der Waals surface area contributed by atoms with Crippen LogP contribution in [0.5, 0.6) is 0 Å². The largest absolute Gasteiger partial charge is 0.459 e. The number of furan rings is 1. The Morgan fingerprint density at radius 3 is 1.87 bits per heavy atom.